The molecule has 1 N–H and O–H groups in total. The molecule has 0 unspecified atom stereocenters. The first-order valence-corrected chi connectivity index (χ1v) is 8.75. The number of aromatic nitrogens is 1. The average molecular weight is 388 g/mol. The topological polar surface area (TPSA) is 68.3 Å². The van der Waals surface area contributed by atoms with Crippen molar-refractivity contribution in [3.05, 3.63) is 70.7 Å². The van der Waals surface area contributed by atoms with E-state index in [4.69, 9.17) is 4.74 Å². The third kappa shape index (κ3) is 4.73. The maximum absolute atomic E-state index is 13.7. The molecule has 0 saturated heterocycles. The van der Waals surface area contributed by atoms with Crippen LogP contribution < -0.4 is 5.32 Å². The van der Waals surface area contributed by atoms with Crippen LogP contribution in [0.25, 0.3) is 10.6 Å². The largest absolute Gasteiger partial charge is 0.451 e. The van der Waals surface area contributed by atoms with E-state index < -0.39 is 24.3 Å². The molecule has 0 aliphatic carbocycles. The monoisotopic (exact) mass is 388 g/mol. The smallest absolute Gasteiger partial charge is 0.358 e. The third-order valence-electron chi connectivity index (χ3n) is 3.54. The van der Waals surface area contributed by atoms with E-state index in [1.54, 1.807) is 25.1 Å². The fraction of sp³-hybridized carbons (Fsp3) is 0.105. The minimum atomic E-state index is -0.779. The number of aryl methyl sites for hydroxylation is 1. The fourth-order valence-electron chi connectivity index (χ4n) is 2.21. The highest BCUT2D eigenvalue weighted by atomic mass is 32.1. The number of halogens is 2. The summed E-state index contributed by atoms with van der Waals surface area (Å²) < 4.78 is 31.6. The molecule has 1 amide bonds. The van der Waals surface area contributed by atoms with Gasteiger partial charge in [-0.3, -0.25) is 4.79 Å². The van der Waals surface area contributed by atoms with E-state index in [0.717, 1.165) is 5.56 Å². The number of thiazole rings is 1. The van der Waals surface area contributed by atoms with Crippen LogP contribution >= 0.6 is 11.3 Å². The van der Waals surface area contributed by atoms with Gasteiger partial charge in [0, 0.05) is 10.9 Å². The molecule has 3 rings (SSSR count). The lowest BCUT2D eigenvalue weighted by molar-refractivity contribution is -0.119. The molecule has 0 radical (unpaired) electrons. The van der Waals surface area contributed by atoms with Crippen molar-refractivity contribution in [1.82, 2.24) is 4.98 Å². The molecule has 0 bridgehead atoms. The number of carbonyl (C=O) groups excluding carboxylic acids is 2. The van der Waals surface area contributed by atoms with E-state index >= 15 is 0 Å². The van der Waals surface area contributed by atoms with Gasteiger partial charge in [0.05, 0.1) is 5.69 Å². The van der Waals surface area contributed by atoms with Crippen LogP contribution in [0.2, 0.25) is 0 Å². The molecule has 8 heteroatoms. The van der Waals surface area contributed by atoms with Crippen LogP contribution in [0, 0.1) is 18.6 Å². The Balaban J connectivity index is 1.57. The Bertz CT molecular complexity index is 987. The lowest BCUT2D eigenvalue weighted by Crippen LogP contribution is -2.21. The number of hydrogen-bond donors (Lipinski definition) is 1. The van der Waals surface area contributed by atoms with E-state index in [2.05, 4.69) is 10.3 Å². The second-order valence-electron chi connectivity index (χ2n) is 5.65. The third-order valence-corrected chi connectivity index (χ3v) is 4.43. The van der Waals surface area contributed by atoms with Gasteiger partial charge in [-0.25, -0.2) is 18.6 Å². The molecule has 0 spiro atoms. The number of rotatable bonds is 5. The Morgan fingerprint density at radius 1 is 1.15 bits per heavy atom. The SMILES string of the molecule is Cc1ccc(NC(=O)COC(=O)c2csc(-c3ccc(F)cc3)n2)c(F)c1. The molecule has 0 saturated carbocycles. The summed E-state index contributed by atoms with van der Waals surface area (Å²) in [5.41, 5.74) is 1.42. The maximum atomic E-state index is 13.7. The molecular weight excluding hydrogens is 374 g/mol. The number of nitrogens with zero attached hydrogens (tertiary/aromatic N) is 1. The van der Waals surface area contributed by atoms with E-state index in [0.29, 0.717) is 10.6 Å². The van der Waals surface area contributed by atoms with Gasteiger partial charge in [0.25, 0.3) is 5.91 Å². The summed E-state index contributed by atoms with van der Waals surface area (Å²) >= 11 is 1.19. The lowest BCUT2D eigenvalue weighted by Gasteiger charge is -2.07. The van der Waals surface area contributed by atoms with Crippen molar-refractivity contribution in [2.75, 3.05) is 11.9 Å². The van der Waals surface area contributed by atoms with Crippen LogP contribution in [-0.2, 0) is 9.53 Å². The number of hydrogen-bond acceptors (Lipinski definition) is 5. The summed E-state index contributed by atoms with van der Waals surface area (Å²) in [5.74, 6) is -2.39. The van der Waals surface area contributed by atoms with Gasteiger partial charge in [-0.05, 0) is 48.9 Å². The summed E-state index contributed by atoms with van der Waals surface area (Å²) in [4.78, 5) is 28.0. The first-order chi connectivity index (χ1) is 12.9. The van der Waals surface area contributed by atoms with Gasteiger partial charge >= 0.3 is 5.97 Å². The van der Waals surface area contributed by atoms with E-state index in [1.807, 2.05) is 0 Å². The summed E-state index contributed by atoms with van der Waals surface area (Å²) in [7, 11) is 0. The zero-order valence-corrected chi connectivity index (χ0v) is 15.0. The number of ether oxygens (including phenoxy) is 1. The van der Waals surface area contributed by atoms with Crippen LogP contribution in [0.5, 0.6) is 0 Å². The number of nitrogens with one attached hydrogen (secondary N) is 1. The van der Waals surface area contributed by atoms with Gasteiger partial charge in [-0.15, -0.1) is 11.3 Å². The van der Waals surface area contributed by atoms with Crippen molar-refractivity contribution in [2.45, 2.75) is 6.92 Å². The standard InChI is InChI=1S/C19H14F2N2O3S/c1-11-2-7-15(14(21)8-11)22-17(24)9-26-19(25)16-10-27-18(23-16)12-3-5-13(20)6-4-12/h2-8,10H,9H2,1H3,(H,22,24). The van der Waals surface area contributed by atoms with Gasteiger partial charge in [-0.2, -0.15) is 0 Å². The van der Waals surface area contributed by atoms with Crippen LogP contribution in [0.4, 0.5) is 14.5 Å². The van der Waals surface area contributed by atoms with Crippen LogP contribution in [-0.4, -0.2) is 23.5 Å². The number of anilines is 1. The minimum absolute atomic E-state index is 0.00824. The molecule has 5 nitrogen and oxygen atoms in total. The van der Waals surface area contributed by atoms with Gasteiger partial charge in [0.2, 0.25) is 0 Å². The highest BCUT2D eigenvalue weighted by Crippen LogP contribution is 2.24. The molecule has 138 valence electrons. The van der Waals surface area contributed by atoms with E-state index in [-0.39, 0.29) is 17.2 Å². The molecule has 0 atom stereocenters. The zero-order valence-electron chi connectivity index (χ0n) is 14.2. The second-order valence-corrected chi connectivity index (χ2v) is 6.51. The predicted octanol–water partition coefficient (Wildman–Crippen LogP) is 4.19. The number of esters is 1. The van der Waals surface area contributed by atoms with Gasteiger partial charge in [0.15, 0.2) is 12.3 Å². The molecule has 0 aliphatic rings. The molecule has 1 heterocycles. The average Bonchev–Trinajstić information content (AvgIpc) is 3.13. The van der Waals surface area contributed by atoms with Crippen molar-refractivity contribution in [3.8, 4) is 10.6 Å². The van der Waals surface area contributed by atoms with Gasteiger partial charge in [-0.1, -0.05) is 6.07 Å². The molecule has 2 aromatic carbocycles. The van der Waals surface area contributed by atoms with Crippen molar-refractivity contribution < 1.29 is 23.1 Å². The van der Waals surface area contributed by atoms with Crippen molar-refractivity contribution in [2.24, 2.45) is 0 Å². The quantitative estimate of drug-likeness (QED) is 0.666. The molecule has 0 aliphatic heterocycles. The molecule has 0 fully saturated rings. The highest BCUT2D eigenvalue weighted by molar-refractivity contribution is 7.13. The Hall–Kier alpha value is -3.13. The Morgan fingerprint density at radius 2 is 1.89 bits per heavy atom. The van der Waals surface area contributed by atoms with Gasteiger partial charge in [0.1, 0.15) is 16.6 Å². The summed E-state index contributed by atoms with van der Waals surface area (Å²) in [5, 5.41) is 4.34. The van der Waals surface area contributed by atoms with E-state index in [1.165, 1.54) is 41.0 Å². The molecule has 27 heavy (non-hydrogen) atoms. The number of benzene rings is 2. The first-order valence-electron chi connectivity index (χ1n) is 7.87. The summed E-state index contributed by atoms with van der Waals surface area (Å²) in [6, 6.07) is 10.1. The second kappa shape index (κ2) is 8.05. The van der Waals surface area contributed by atoms with E-state index in [9.17, 15) is 18.4 Å². The summed E-state index contributed by atoms with van der Waals surface area (Å²) in [6.45, 7) is 1.15. The van der Waals surface area contributed by atoms with Crippen molar-refractivity contribution >= 4 is 28.9 Å². The fourth-order valence-corrected chi connectivity index (χ4v) is 3.00. The molecule has 1 aromatic heterocycles. The lowest BCUT2D eigenvalue weighted by atomic mass is 10.2. The normalized spacial score (nSPS) is 10.5. The van der Waals surface area contributed by atoms with Crippen molar-refractivity contribution in [3.63, 3.8) is 0 Å². The molecular formula is C19H14F2N2O3S. The van der Waals surface area contributed by atoms with Crippen molar-refractivity contribution in [1.29, 1.82) is 0 Å². The minimum Gasteiger partial charge on any atom is -0.451 e. The zero-order chi connectivity index (χ0) is 19.4. The van der Waals surface area contributed by atoms with Crippen LogP contribution in [0.1, 0.15) is 16.1 Å². The Morgan fingerprint density at radius 3 is 2.59 bits per heavy atom. The summed E-state index contributed by atoms with van der Waals surface area (Å²) in [6.07, 6.45) is 0. The van der Waals surface area contributed by atoms with Crippen LogP contribution in [0.15, 0.2) is 47.8 Å². The predicted molar refractivity (Wildman–Crippen MR) is 97.6 cm³/mol. The first kappa shape index (κ1) is 18.7. The number of carbonyl (C=O) groups is 2. The highest BCUT2D eigenvalue weighted by Gasteiger charge is 2.16. The Kier molecular flexibility index (Phi) is 5.56. The number of amides is 1. The van der Waals surface area contributed by atoms with Gasteiger partial charge < -0.3 is 10.1 Å². The Labute approximate surface area is 157 Å². The maximum Gasteiger partial charge on any atom is 0.358 e. The van der Waals surface area contributed by atoms with Crippen LogP contribution in [0.3, 0.4) is 0 Å². The molecule has 3 aromatic rings.